The summed E-state index contributed by atoms with van der Waals surface area (Å²) < 4.78 is 5.63. The maximum absolute atomic E-state index is 12.5. The van der Waals surface area contributed by atoms with Crippen LogP contribution in [0.15, 0.2) is 48.5 Å². The Morgan fingerprint density at radius 3 is 2.24 bits per heavy atom. The Morgan fingerprint density at radius 2 is 1.62 bits per heavy atom. The molecule has 2 amide bonds. The van der Waals surface area contributed by atoms with Gasteiger partial charge in [-0.15, -0.1) is 0 Å². The van der Waals surface area contributed by atoms with Crippen LogP contribution < -0.4 is 10.6 Å². The highest BCUT2D eigenvalue weighted by atomic mass is 16.5. The molecule has 0 saturated heterocycles. The van der Waals surface area contributed by atoms with E-state index in [0.717, 1.165) is 12.8 Å². The van der Waals surface area contributed by atoms with E-state index in [1.165, 1.54) is 22.3 Å². The summed E-state index contributed by atoms with van der Waals surface area (Å²) in [7, 11) is 0. The molecule has 7 heteroatoms. The van der Waals surface area contributed by atoms with Crippen LogP contribution in [0.4, 0.5) is 4.79 Å². The summed E-state index contributed by atoms with van der Waals surface area (Å²) in [5.41, 5.74) is 4.73. The molecule has 4 unspecified atom stereocenters. The first-order valence-corrected chi connectivity index (χ1v) is 12.0. The van der Waals surface area contributed by atoms with Crippen LogP contribution in [0.25, 0.3) is 11.1 Å². The number of aliphatic carboxylic acids is 1. The number of hydrogen-bond acceptors (Lipinski definition) is 4. The highest BCUT2D eigenvalue weighted by Crippen LogP contribution is 2.44. The fourth-order valence-electron chi connectivity index (χ4n) is 5.11. The second-order valence-electron chi connectivity index (χ2n) is 9.53. The van der Waals surface area contributed by atoms with Crippen molar-refractivity contribution in [2.75, 3.05) is 6.61 Å². The fraction of sp³-hybridized carbons (Fsp3) is 0.444. The molecule has 0 radical (unpaired) electrons. The molecule has 2 aromatic rings. The second kappa shape index (κ2) is 10.3. The predicted molar refractivity (Wildman–Crippen MR) is 128 cm³/mol. The molecule has 7 nitrogen and oxygen atoms in total. The summed E-state index contributed by atoms with van der Waals surface area (Å²) in [6, 6.07) is 16.0. The van der Waals surface area contributed by atoms with Gasteiger partial charge in [0.1, 0.15) is 6.61 Å². The van der Waals surface area contributed by atoms with Gasteiger partial charge in [0.05, 0.1) is 5.92 Å². The summed E-state index contributed by atoms with van der Waals surface area (Å²) in [4.78, 5) is 35.9. The summed E-state index contributed by atoms with van der Waals surface area (Å²) in [5, 5.41) is 14.8. The number of carboxylic acid groups (broad SMARTS) is 1. The first-order chi connectivity index (χ1) is 16.3. The van der Waals surface area contributed by atoms with E-state index in [2.05, 4.69) is 34.9 Å². The molecule has 0 heterocycles. The van der Waals surface area contributed by atoms with Crippen molar-refractivity contribution in [3.8, 4) is 11.1 Å². The van der Waals surface area contributed by atoms with Gasteiger partial charge in [-0.3, -0.25) is 9.59 Å². The van der Waals surface area contributed by atoms with Crippen LogP contribution in [0.5, 0.6) is 0 Å². The standard InChI is InChI=1S/C27H32N2O5/c1-16(26(31)32)17(2)28-25(30)14-18-11-12-19(13-18)29-27(33)34-15-24-22-9-5-3-7-20(22)21-8-4-6-10-23(21)24/h3-10,16-19,24H,11-15H2,1-2H3,(H,28,30)(H,29,33)(H,31,32). The molecule has 1 saturated carbocycles. The number of carbonyl (C=O) groups excluding carboxylic acids is 2. The van der Waals surface area contributed by atoms with Gasteiger partial charge in [0.25, 0.3) is 0 Å². The molecule has 2 aliphatic carbocycles. The molecule has 34 heavy (non-hydrogen) atoms. The Labute approximate surface area is 199 Å². The highest BCUT2D eigenvalue weighted by molar-refractivity contribution is 5.79. The van der Waals surface area contributed by atoms with Crippen molar-refractivity contribution in [3.63, 3.8) is 0 Å². The number of alkyl carbamates (subject to hydrolysis) is 1. The minimum absolute atomic E-state index is 0.0216. The van der Waals surface area contributed by atoms with Crippen LogP contribution in [0.2, 0.25) is 0 Å². The monoisotopic (exact) mass is 464 g/mol. The molecule has 0 spiro atoms. The Morgan fingerprint density at radius 1 is 1.00 bits per heavy atom. The summed E-state index contributed by atoms with van der Waals surface area (Å²) >= 11 is 0. The maximum atomic E-state index is 12.5. The van der Waals surface area contributed by atoms with Crippen molar-refractivity contribution >= 4 is 18.0 Å². The van der Waals surface area contributed by atoms with E-state index in [0.29, 0.717) is 12.8 Å². The Balaban J connectivity index is 1.24. The Hall–Kier alpha value is -3.35. The summed E-state index contributed by atoms with van der Waals surface area (Å²) in [5.74, 6) is -1.54. The van der Waals surface area contributed by atoms with Gasteiger partial charge in [0.15, 0.2) is 0 Å². The zero-order valence-electron chi connectivity index (χ0n) is 19.6. The molecule has 0 aromatic heterocycles. The van der Waals surface area contributed by atoms with Gasteiger partial charge < -0.3 is 20.5 Å². The number of hydrogen-bond donors (Lipinski definition) is 3. The lowest BCUT2D eigenvalue weighted by Gasteiger charge is -2.19. The molecule has 4 atom stereocenters. The van der Waals surface area contributed by atoms with Crippen molar-refractivity contribution in [2.24, 2.45) is 11.8 Å². The number of benzene rings is 2. The highest BCUT2D eigenvalue weighted by Gasteiger charge is 2.31. The number of rotatable bonds is 8. The van der Waals surface area contributed by atoms with Crippen molar-refractivity contribution < 1.29 is 24.2 Å². The van der Waals surface area contributed by atoms with Gasteiger partial charge in [-0.05, 0) is 61.3 Å². The zero-order chi connectivity index (χ0) is 24.2. The van der Waals surface area contributed by atoms with E-state index in [4.69, 9.17) is 9.84 Å². The topological polar surface area (TPSA) is 105 Å². The molecule has 4 rings (SSSR count). The van der Waals surface area contributed by atoms with E-state index in [1.54, 1.807) is 13.8 Å². The number of carboxylic acids is 1. The van der Waals surface area contributed by atoms with Crippen LogP contribution in [0, 0.1) is 11.8 Å². The van der Waals surface area contributed by atoms with Gasteiger partial charge >= 0.3 is 12.1 Å². The summed E-state index contributed by atoms with van der Waals surface area (Å²) in [6.45, 7) is 3.56. The quantitative estimate of drug-likeness (QED) is 0.540. The van der Waals surface area contributed by atoms with Crippen molar-refractivity contribution in [1.29, 1.82) is 0 Å². The number of carbonyl (C=O) groups is 3. The van der Waals surface area contributed by atoms with Crippen LogP contribution in [-0.4, -0.2) is 41.8 Å². The van der Waals surface area contributed by atoms with E-state index in [-0.39, 0.29) is 30.4 Å². The van der Waals surface area contributed by atoms with E-state index >= 15 is 0 Å². The third-order valence-electron chi connectivity index (χ3n) is 7.21. The van der Waals surface area contributed by atoms with E-state index < -0.39 is 24.0 Å². The van der Waals surface area contributed by atoms with Crippen LogP contribution in [0.1, 0.15) is 56.6 Å². The van der Waals surface area contributed by atoms with Crippen molar-refractivity contribution in [1.82, 2.24) is 10.6 Å². The maximum Gasteiger partial charge on any atom is 0.407 e. The lowest BCUT2D eigenvalue weighted by molar-refractivity contribution is -0.142. The molecule has 3 N–H and O–H groups in total. The molecule has 2 aliphatic rings. The Kier molecular flexibility index (Phi) is 7.20. The molecule has 0 aliphatic heterocycles. The van der Waals surface area contributed by atoms with Gasteiger partial charge in [0, 0.05) is 24.4 Å². The summed E-state index contributed by atoms with van der Waals surface area (Å²) in [6.07, 6.45) is 2.24. The van der Waals surface area contributed by atoms with Gasteiger partial charge in [-0.25, -0.2) is 4.79 Å². The largest absolute Gasteiger partial charge is 0.481 e. The number of ether oxygens (including phenoxy) is 1. The lowest BCUT2D eigenvalue weighted by Crippen LogP contribution is -2.40. The van der Waals surface area contributed by atoms with E-state index in [1.807, 2.05) is 24.3 Å². The molecular weight excluding hydrogens is 432 g/mol. The van der Waals surface area contributed by atoms with Gasteiger partial charge in [-0.1, -0.05) is 48.5 Å². The lowest BCUT2D eigenvalue weighted by atomic mass is 9.98. The normalized spacial score (nSPS) is 20.6. The third kappa shape index (κ3) is 5.24. The first-order valence-electron chi connectivity index (χ1n) is 12.0. The van der Waals surface area contributed by atoms with Gasteiger partial charge in [-0.2, -0.15) is 0 Å². The van der Waals surface area contributed by atoms with Gasteiger partial charge in [0.2, 0.25) is 5.91 Å². The molecule has 2 aromatic carbocycles. The smallest absolute Gasteiger partial charge is 0.407 e. The molecule has 0 bridgehead atoms. The number of fused-ring (bicyclic) bond motifs is 3. The van der Waals surface area contributed by atoms with Crippen molar-refractivity contribution in [3.05, 3.63) is 59.7 Å². The Bertz CT molecular complexity index is 1020. The van der Waals surface area contributed by atoms with E-state index in [9.17, 15) is 14.4 Å². The predicted octanol–water partition coefficient (Wildman–Crippen LogP) is 4.31. The first kappa shape index (κ1) is 23.8. The number of nitrogens with one attached hydrogen (secondary N) is 2. The average Bonchev–Trinajstić information content (AvgIpc) is 3.38. The molecular formula is C27H32N2O5. The van der Waals surface area contributed by atoms with Crippen LogP contribution >= 0.6 is 0 Å². The second-order valence-corrected chi connectivity index (χ2v) is 9.53. The average molecular weight is 465 g/mol. The zero-order valence-corrected chi connectivity index (χ0v) is 19.6. The SMILES string of the molecule is CC(NC(=O)CC1CCC(NC(=O)OCC2c3ccccc3-c3ccccc32)C1)C(C)C(=O)O. The van der Waals surface area contributed by atoms with Crippen LogP contribution in [-0.2, 0) is 14.3 Å². The van der Waals surface area contributed by atoms with Crippen molar-refractivity contribution in [2.45, 2.75) is 57.5 Å². The third-order valence-corrected chi connectivity index (χ3v) is 7.21. The minimum Gasteiger partial charge on any atom is -0.481 e. The minimum atomic E-state index is -0.930. The molecule has 180 valence electrons. The number of amides is 2. The molecule has 1 fully saturated rings. The van der Waals surface area contributed by atoms with Crippen LogP contribution in [0.3, 0.4) is 0 Å². The fourth-order valence-corrected chi connectivity index (χ4v) is 5.11.